The summed E-state index contributed by atoms with van der Waals surface area (Å²) >= 11 is 0. The number of hydrogen-bond donors (Lipinski definition) is 2. The molecule has 1 fully saturated rings. The molecule has 4 aliphatic rings. The molecule has 4 aliphatic heterocycles. The van der Waals surface area contributed by atoms with Crippen molar-refractivity contribution >= 4 is 17.9 Å². The second kappa shape index (κ2) is 10.5. The Morgan fingerprint density at radius 2 is 1.85 bits per heavy atom. The number of nitrogens with one attached hydrogen (secondary N) is 2. The maximum atomic E-state index is 12.5. The molecule has 2 N–H and O–H groups in total. The van der Waals surface area contributed by atoms with E-state index >= 15 is 0 Å². The number of carbonyl (C=O) groups excluding carboxylic acids is 1. The lowest BCUT2D eigenvalue weighted by Gasteiger charge is -2.35. The number of carbonyl (C=O) groups is 1. The minimum Gasteiger partial charge on any atom is -0.444 e. The van der Waals surface area contributed by atoms with E-state index in [1.165, 1.54) is 17.5 Å². The number of aromatic nitrogens is 2. The van der Waals surface area contributed by atoms with Crippen molar-refractivity contribution in [2.75, 3.05) is 42.9 Å². The van der Waals surface area contributed by atoms with Crippen LogP contribution in [0.2, 0.25) is 0 Å². The average molecular weight is 463 g/mol. The first-order valence-electron chi connectivity index (χ1n) is 12.5. The van der Waals surface area contributed by atoms with Gasteiger partial charge < -0.3 is 15.4 Å². The summed E-state index contributed by atoms with van der Waals surface area (Å²) in [6, 6.07) is 9.49. The van der Waals surface area contributed by atoms with Gasteiger partial charge >= 0.3 is 6.09 Å². The Morgan fingerprint density at radius 3 is 2.68 bits per heavy atom. The van der Waals surface area contributed by atoms with Crippen LogP contribution in [0.4, 0.5) is 16.6 Å². The van der Waals surface area contributed by atoms with E-state index in [1.54, 1.807) is 11.1 Å². The molecule has 1 aromatic heterocycles. The molecule has 1 saturated heterocycles. The maximum Gasteiger partial charge on any atom is 0.416 e. The van der Waals surface area contributed by atoms with E-state index in [-0.39, 0.29) is 18.7 Å². The van der Waals surface area contributed by atoms with E-state index < -0.39 is 0 Å². The van der Waals surface area contributed by atoms with Crippen LogP contribution in [-0.2, 0) is 11.3 Å². The number of fused-ring (bicyclic) bond motifs is 9. The van der Waals surface area contributed by atoms with Crippen molar-refractivity contribution in [1.29, 1.82) is 0 Å². The maximum absolute atomic E-state index is 12.5. The van der Waals surface area contributed by atoms with Crippen LogP contribution in [-0.4, -0.2) is 53.7 Å². The SMILES string of the molecule is C[C@@H]1Nc2ncc3c(n2)N(C/C=C/CCCCC(N2CCNCC2)c2ccc1cc2)C(=O)OC3. The minimum atomic E-state index is -0.362. The van der Waals surface area contributed by atoms with Crippen molar-refractivity contribution in [3.05, 3.63) is 59.3 Å². The molecule has 180 valence electrons. The fraction of sp³-hybridized carbons (Fsp3) is 0.500. The number of piperazine rings is 1. The molecule has 6 rings (SSSR count). The number of cyclic esters (lactones) is 1. The lowest BCUT2D eigenvalue weighted by molar-refractivity contribution is 0.142. The number of allylic oxidation sites excluding steroid dienone is 1. The molecule has 34 heavy (non-hydrogen) atoms. The molecular formula is C26H34N6O2. The van der Waals surface area contributed by atoms with Crippen molar-refractivity contribution in [3.8, 4) is 0 Å². The van der Waals surface area contributed by atoms with Crippen molar-refractivity contribution in [3.63, 3.8) is 0 Å². The number of benzene rings is 1. The fourth-order valence-corrected chi connectivity index (χ4v) is 5.00. The van der Waals surface area contributed by atoms with Crippen LogP contribution >= 0.6 is 0 Å². The van der Waals surface area contributed by atoms with E-state index in [0.717, 1.165) is 51.0 Å². The van der Waals surface area contributed by atoms with Gasteiger partial charge in [-0.25, -0.2) is 9.78 Å². The molecule has 0 radical (unpaired) electrons. The number of anilines is 2. The summed E-state index contributed by atoms with van der Waals surface area (Å²) in [6.07, 6.45) is 10.1. The molecular weight excluding hydrogens is 428 g/mol. The quantitative estimate of drug-likeness (QED) is 0.615. The number of rotatable bonds is 1. The Balaban J connectivity index is 1.42. The van der Waals surface area contributed by atoms with Gasteiger partial charge in [0.1, 0.15) is 6.61 Å². The van der Waals surface area contributed by atoms with Crippen molar-refractivity contribution in [2.24, 2.45) is 0 Å². The third-order valence-corrected chi connectivity index (χ3v) is 6.98. The van der Waals surface area contributed by atoms with Gasteiger partial charge in [-0.15, -0.1) is 0 Å². The highest BCUT2D eigenvalue weighted by Gasteiger charge is 2.27. The molecule has 1 aromatic carbocycles. The zero-order chi connectivity index (χ0) is 23.3. The third-order valence-electron chi connectivity index (χ3n) is 6.98. The van der Waals surface area contributed by atoms with Crippen LogP contribution in [0, 0.1) is 0 Å². The topological polar surface area (TPSA) is 82.6 Å². The normalized spacial score (nSPS) is 25.1. The van der Waals surface area contributed by atoms with Gasteiger partial charge in [0.2, 0.25) is 5.95 Å². The first-order valence-corrected chi connectivity index (χ1v) is 12.5. The van der Waals surface area contributed by atoms with E-state index in [0.29, 0.717) is 24.4 Å². The van der Waals surface area contributed by atoms with Gasteiger partial charge in [0.05, 0.1) is 11.6 Å². The van der Waals surface area contributed by atoms with Crippen LogP contribution in [0.3, 0.4) is 0 Å². The van der Waals surface area contributed by atoms with Crippen molar-refractivity contribution in [2.45, 2.75) is 51.3 Å². The number of amides is 1. The van der Waals surface area contributed by atoms with E-state index in [9.17, 15) is 4.79 Å². The standard InChI is InChI=1S/C26H34N6O2/c1-19-20-8-10-21(11-9-20)23(31-15-12-27-13-16-31)7-5-3-2-4-6-14-32-24-22(18-34-26(32)33)17-28-25(29-19)30-24/h4,6,8-11,17,19,23,27H,2-3,5,7,12-16,18H2,1H3,(H,28,29,30)/b6-4+/t19-,23?/m0/s1. The van der Waals surface area contributed by atoms with E-state index in [4.69, 9.17) is 4.74 Å². The molecule has 0 spiro atoms. The molecule has 8 nitrogen and oxygen atoms in total. The van der Waals surface area contributed by atoms with Crippen LogP contribution in [0.5, 0.6) is 0 Å². The number of nitrogens with zero attached hydrogens (tertiary/aromatic N) is 4. The number of ether oxygens (including phenoxy) is 1. The van der Waals surface area contributed by atoms with Gasteiger partial charge in [0.15, 0.2) is 5.82 Å². The minimum absolute atomic E-state index is 0.0347. The summed E-state index contributed by atoms with van der Waals surface area (Å²) in [5.74, 6) is 1.14. The van der Waals surface area contributed by atoms with Crippen molar-refractivity contribution < 1.29 is 9.53 Å². The lowest BCUT2D eigenvalue weighted by atomic mass is 9.96. The monoisotopic (exact) mass is 462 g/mol. The number of hydrogen-bond acceptors (Lipinski definition) is 7. The Labute approximate surface area is 201 Å². The highest BCUT2D eigenvalue weighted by Crippen LogP contribution is 2.30. The third kappa shape index (κ3) is 5.08. The highest BCUT2D eigenvalue weighted by molar-refractivity contribution is 5.89. The van der Waals surface area contributed by atoms with Gasteiger partial charge in [-0.1, -0.05) is 42.8 Å². The zero-order valence-corrected chi connectivity index (χ0v) is 19.9. The van der Waals surface area contributed by atoms with Crippen LogP contribution < -0.4 is 15.5 Å². The molecule has 0 saturated carbocycles. The van der Waals surface area contributed by atoms with E-state index in [2.05, 4.69) is 62.8 Å². The summed E-state index contributed by atoms with van der Waals surface area (Å²) in [5.41, 5.74) is 3.40. The molecule has 5 heterocycles. The fourth-order valence-electron chi connectivity index (χ4n) is 5.00. The van der Waals surface area contributed by atoms with Crippen LogP contribution in [0.1, 0.15) is 61.4 Å². The molecule has 8 heteroatoms. The van der Waals surface area contributed by atoms with E-state index in [1.807, 2.05) is 6.08 Å². The smallest absolute Gasteiger partial charge is 0.416 e. The molecule has 1 unspecified atom stereocenters. The molecule has 0 aliphatic carbocycles. The second-order valence-electron chi connectivity index (χ2n) is 9.30. The second-order valence-corrected chi connectivity index (χ2v) is 9.30. The highest BCUT2D eigenvalue weighted by atomic mass is 16.6. The summed E-state index contributed by atoms with van der Waals surface area (Å²) in [6.45, 7) is 7.05. The summed E-state index contributed by atoms with van der Waals surface area (Å²) in [5, 5.41) is 6.89. The molecule has 2 aromatic rings. The summed E-state index contributed by atoms with van der Waals surface area (Å²) in [4.78, 5) is 25.8. The summed E-state index contributed by atoms with van der Waals surface area (Å²) in [7, 11) is 0. The van der Waals surface area contributed by atoms with Crippen LogP contribution in [0.15, 0.2) is 42.6 Å². The van der Waals surface area contributed by atoms with Gasteiger partial charge in [-0.3, -0.25) is 9.80 Å². The molecule has 1 amide bonds. The molecule has 4 bridgehead atoms. The van der Waals surface area contributed by atoms with Gasteiger partial charge in [-0.05, 0) is 37.3 Å². The lowest BCUT2D eigenvalue weighted by Crippen LogP contribution is -2.45. The average Bonchev–Trinajstić information content (AvgIpc) is 2.87. The first kappa shape index (κ1) is 22.8. The summed E-state index contributed by atoms with van der Waals surface area (Å²) < 4.78 is 5.32. The Hall–Kier alpha value is -2.97. The predicted octanol–water partition coefficient (Wildman–Crippen LogP) is 4.18. The Morgan fingerprint density at radius 1 is 1.06 bits per heavy atom. The largest absolute Gasteiger partial charge is 0.444 e. The van der Waals surface area contributed by atoms with Crippen LogP contribution in [0.25, 0.3) is 0 Å². The Bertz CT molecular complexity index is 1020. The Kier molecular flexibility index (Phi) is 7.06. The van der Waals surface area contributed by atoms with Gasteiger partial charge in [-0.2, -0.15) is 4.98 Å². The molecule has 2 atom stereocenters. The van der Waals surface area contributed by atoms with Gasteiger partial charge in [0, 0.05) is 45.0 Å². The van der Waals surface area contributed by atoms with Gasteiger partial charge in [0.25, 0.3) is 0 Å². The van der Waals surface area contributed by atoms with Crippen molar-refractivity contribution in [1.82, 2.24) is 20.2 Å². The zero-order valence-electron chi connectivity index (χ0n) is 19.9. The predicted molar refractivity (Wildman–Crippen MR) is 133 cm³/mol. The first-order chi connectivity index (χ1) is 16.7.